The van der Waals surface area contributed by atoms with Crippen LogP contribution in [0.15, 0.2) is 59.8 Å². The van der Waals surface area contributed by atoms with E-state index in [2.05, 4.69) is 10.5 Å². The van der Waals surface area contributed by atoms with Gasteiger partial charge in [0, 0.05) is 22.7 Å². The number of hydrogen-bond donors (Lipinski definition) is 2. The summed E-state index contributed by atoms with van der Waals surface area (Å²) in [6.45, 7) is 0.0815. The van der Waals surface area contributed by atoms with Crippen LogP contribution in [0.5, 0.6) is 5.75 Å². The molecule has 1 aromatic heterocycles. The van der Waals surface area contributed by atoms with E-state index >= 15 is 0 Å². The first-order chi connectivity index (χ1) is 13.1. The quantitative estimate of drug-likeness (QED) is 0.494. The minimum absolute atomic E-state index is 0.0815. The molecule has 2 amide bonds. The number of carbonyl (C=O) groups excluding carboxylic acids is 2. The van der Waals surface area contributed by atoms with Crippen molar-refractivity contribution < 1.29 is 14.3 Å². The average molecular weight is 364 g/mol. The molecule has 0 atom stereocenters. The molecule has 3 aromatic rings. The molecule has 0 spiro atoms. The van der Waals surface area contributed by atoms with Crippen molar-refractivity contribution in [1.29, 1.82) is 0 Å². The van der Waals surface area contributed by atoms with Crippen LogP contribution in [0.25, 0.3) is 10.9 Å². The van der Waals surface area contributed by atoms with Crippen molar-refractivity contribution >= 4 is 28.9 Å². The number of hydrogen-bond acceptors (Lipinski definition) is 4. The Labute approximate surface area is 156 Å². The van der Waals surface area contributed by atoms with Crippen LogP contribution in [0.4, 0.5) is 0 Å². The zero-order valence-electron chi connectivity index (χ0n) is 14.9. The van der Waals surface area contributed by atoms with Gasteiger partial charge in [0.1, 0.15) is 12.3 Å². The van der Waals surface area contributed by atoms with Gasteiger partial charge in [0.2, 0.25) is 11.8 Å². The van der Waals surface area contributed by atoms with E-state index < -0.39 is 5.91 Å². The third kappa shape index (κ3) is 4.52. The highest BCUT2D eigenvalue weighted by atomic mass is 16.5. The normalized spacial score (nSPS) is 11.0. The SMILES string of the molecule is COc1ccc(CC(=O)NN=Cc2cn(CC(N)=O)c3ccccc23)cc1. The Morgan fingerprint density at radius 3 is 2.63 bits per heavy atom. The lowest BCUT2D eigenvalue weighted by molar-refractivity contribution is -0.120. The van der Waals surface area contributed by atoms with Crippen LogP contribution in [-0.2, 0) is 22.6 Å². The molecule has 0 fully saturated rings. The number of nitrogens with two attached hydrogens (primary N) is 1. The van der Waals surface area contributed by atoms with Crippen molar-refractivity contribution in [3.05, 3.63) is 65.9 Å². The summed E-state index contributed by atoms with van der Waals surface area (Å²) >= 11 is 0. The summed E-state index contributed by atoms with van der Waals surface area (Å²) < 4.78 is 6.86. The topological polar surface area (TPSA) is 98.7 Å². The van der Waals surface area contributed by atoms with Gasteiger partial charge in [-0.1, -0.05) is 30.3 Å². The number of hydrazone groups is 1. The molecule has 0 bridgehead atoms. The van der Waals surface area contributed by atoms with Crippen molar-refractivity contribution in [1.82, 2.24) is 9.99 Å². The van der Waals surface area contributed by atoms with E-state index in [9.17, 15) is 9.59 Å². The summed E-state index contributed by atoms with van der Waals surface area (Å²) in [7, 11) is 1.59. The molecule has 27 heavy (non-hydrogen) atoms. The molecule has 0 saturated carbocycles. The number of aromatic nitrogens is 1. The highest BCUT2D eigenvalue weighted by Gasteiger charge is 2.08. The Kier molecular flexibility index (Phi) is 5.51. The summed E-state index contributed by atoms with van der Waals surface area (Å²) in [5, 5.41) is 4.96. The molecule has 7 heteroatoms. The first kappa shape index (κ1) is 18.2. The molecule has 7 nitrogen and oxygen atoms in total. The van der Waals surface area contributed by atoms with Gasteiger partial charge in [0.15, 0.2) is 0 Å². The molecular formula is C20H20N4O3. The lowest BCUT2D eigenvalue weighted by Crippen LogP contribution is -2.19. The molecule has 2 aromatic carbocycles. The highest BCUT2D eigenvalue weighted by Crippen LogP contribution is 2.19. The minimum Gasteiger partial charge on any atom is -0.497 e. The van der Waals surface area contributed by atoms with E-state index in [1.165, 1.54) is 0 Å². The molecule has 0 aliphatic carbocycles. The zero-order valence-corrected chi connectivity index (χ0v) is 14.9. The van der Waals surface area contributed by atoms with Gasteiger partial charge in [-0.25, -0.2) is 5.43 Å². The molecule has 0 aliphatic heterocycles. The van der Waals surface area contributed by atoms with Crippen LogP contribution in [0.2, 0.25) is 0 Å². The van der Waals surface area contributed by atoms with Gasteiger partial charge in [0.05, 0.1) is 19.7 Å². The van der Waals surface area contributed by atoms with Crippen LogP contribution in [0.3, 0.4) is 0 Å². The van der Waals surface area contributed by atoms with Crippen LogP contribution < -0.4 is 15.9 Å². The van der Waals surface area contributed by atoms with Gasteiger partial charge in [-0.15, -0.1) is 0 Å². The molecule has 138 valence electrons. The third-order valence-corrected chi connectivity index (χ3v) is 4.06. The number of carbonyl (C=O) groups is 2. The fraction of sp³-hybridized carbons (Fsp3) is 0.150. The average Bonchev–Trinajstić information content (AvgIpc) is 3.00. The first-order valence-corrected chi connectivity index (χ1v) is 8.38. The first-order valence-electron chi connectivity index (χ1n) is 8.38. The van der Waals surface area contributed by atoms with Crippen molar-refractivity contribution in [2.75, 3.05) is 7.11 Å². The van der Waals surface area contributed by atoms with Gasteiger partial charge < -0.3 is 15.0 Å². The standard InChI is InChI=1S/C20H20N4O3/c1-27-16-8-6-14(7-9-16)10-20(26)23-22-11-15-12-24(13-19(21)25)18-5-3-2-4-17(15)18/h2-9,11-12H,10,13H2,1H3,(H2,21,25)(H,23,26). The van der Waals surface area contributed by atoms with Crippen molar-refractivity contribution in [2.24, 2.45) is 10.8 Å². The second-order valence-corrected chi connectivity index (χ2v) is 6.01. The van der Waals surface area contributed by atoms with Crippen LogP contribution in [0, 0.1) is 0 Å². The number of ether oxygens (including phenoxy) is 1. The third-order valence-electron chi connectivity index (χ3n) is 4.06. The number of rotatable bonds is 7. The number of nitrogens with zero attached hydrogens (tertiary/aromatic N) is 2. The summed E-state index contributed by atoms with van der Waals surface area (Å²) in [4.78, 5) is 23.3. The van der Waals surface area contributed by atoms with Crippen LogP contribution in [-0.4, -0.2) is 29.7 Å². The summed E-state index contributed by atoms with van der Waals surface area (Å²) in [6, 6.07) is 14.9. The fourth-order valence-corrected chi connectivity index (χ4v) is 2.82. The number of benzene rings is 2. The molecular weight excluding hydrogens is 344 g/mol. The van der Waals surface area contributed by atoms with E-state index in [-0.39, 0.29) is 18.9 Å². The zero-order chi connectivity index (χ0) is 19.2. The predicted octanol–water partition coefficient (Wildman–Crippen LogP) is 1.83. The van der Waals surface area contributed by atoms with Crippen LogP contribution in [0.1, 0.15) is 11.1 Å². The molecule has 3 N–H and O–H groups in total. The van der Waals surface area contributed by atoms with E-state index in [4.69, 9.17) is 10.5 Å². The van der Waals surface area contributed by atoms with E-state index in [1.807, 2.05) is 36.4 Å². The van der Waals surface area contributed by atoms with Gasteiger partial charge in [-0.2, -0.15) is 5.10 Å². The molecule has 0 unspecified atom stereocenters. The molecule has 0 radical (unpaired) electrons. The van der Waals surface area contributed by atoms with Crippen molar-refractivity contribution in [3.8, 4) is 5.75 Å². The second-order valence-electron chi connectivity index (χ2n) is 6.01. The Hall–Kier alpha value is -3.61. The number of primary amides is 1. The molecule has 0 aliphatic rings. The maximum Gasteiger partial charge on any atom is 0.244 e. The van der Waals surface area contributed by atoms with E-state index in [0.717, 1.165) is 27.8 Å². The smallest absolute Gasteiger partial charge is 0.244 e. The lowest BCUT2D eigenvalue weighted by atomic mass is 10.1. The summed E-state index contributed by atoms with van der Waals surface area (Å²) in [5.74, 6) is 0.0915. The molecule has 1 heterocycles. The minimum atomic E-state index is -0.424. The van der Waals surface area contributed by atoms with E-state index in [1.54, 1.807) is 36.2 Å². The largest absolute Gasteiger partial charge is 0.497 e. The van der Waals surface area contributed by atoms with Crippen molar-refractivity contribution in [2.45, 2.75) is 13.0 Å². The highest BCUT2D eigenvalue weighted by molar-refractivity contribution is 6.00. The van der Waals surface area contributed by atoms with Crippen LogP contribution >= 0.6 is 0 Å². The van der Waals surface area contributed by atoms with Gasteiger partial charge in [-0.3, -0.25) is 9.59 Å². The van der Waals surface area contributed by atoms with Gasteiger partial charge in [-0.05, 0) is 23.8 Å². The second kappa shape index (κ2) is 8.18. The summed E-state index contributed by atoms with van der Waals surface area (Å²) in [5.41, 5.74) is 10.3. The molecule has 0 saturated heterocycles. The number of para-hydroxylation sites is 1. The Bertz CT molecular complexity index is 990. The number of nitrogens with one attached hydrogen (secondary N) is 1. The monoisotopic (exact) mass is 364 g/mol. The van der Waals surface area contributed by atoms with Gasteiger partial charge >= 0.3 is 0 Å². The predicted molar refractivity (Wildman–Crippen MR) is 104 cm³/mol. The Morgan fingerprint density at radius 2 is 1.93 bits per heavy atom. The Morgan fingerprint density at radius 1 is 1.19 bits per heavy atom. The van der Waals surface area contributed by atoms with Crippen molar-refractivity contribution in [3.63, 3.8) is 0 Å². The number of amides is 2. The molecule has 3 rings (SSSR count). The number of methoxy groups -OCH3 is 1. The fourth-order valence-electron chi connectivity index (χ4n) is 2.82. The summed E-state index contributed by atoms with van der Waals surface area (Å²) in [6.07, 6.45) is 3.56. The van der Waals surface area contributed by atoms with Gasteiger partial charge in [0.25, 0.3) is 0 Å². The van der Waals surface area contributed by atoms with E-state index in [0.29, 0.717) is 0 Å². The lowest BCUT2D eigenvalue weighted by Gasteiger charge is -2.02. The maximum absolute atomic E-state index is 12.0. The Balaban J connectivity index is 1.68. The number of fused-ring (bicyclic) bond motifs is 1. The maximum atomic E-state index is 12.0.